The molecule has 0 unspecified atom stereocenters. The van der Waals surface area contributed by atoms with Crippen LogP contribution < -0.4 is 9.80 Å². The van der Waals surface area contributed by atoms with E-state index in [0.29, 0.717) is 56.6 Å². The van der Waals surface area contributed by atoms with Crippen LogP contribution in [-0.4, -0.2) is 82.9 Å². The Labute approximate surface area is 152 Å². The van der Waals surface area contributed by atoms with Gasteiger partial charge in [-0.15, -0.1) is 0 Å². The number of morpholine rings is 1. The lowest BCUT2D eigenvalue weighted by atomic mass is 9.85. The molecule has 0 bridgehead atoms. The van der Waals surface area contributed by atoms with E-state index in [4.69, 9.17) is 4.74 Å². The molecule has 2 aliphatic rings. The fraction of sp³-hybridized carbons (Fsp3) is 0.706. The van der Waals surface area contributed by atoms with Crippen LogP contribution in [0.15, 0.2) is 6.20 Å². The standard InChI is InChI=1S/C17H26N4O5/c1-17(2,15(24)25)11-9-18-16(21-4-3-12(22)13(23)10-21)19-14(11)20-5-7-26-8-6-20/h9,12-13,22-23H,3-8,10H2,1-2H3,(H,24,25)/t12-,13-/m1/s1. The molecule has 2 atom stereocenters. The van der Waals surface area contributed by atoms with E-state index in [1.54, 1.807) is 20.0 Å². The van der Waals surface area contributed by atoms with Crippen molar-refractivity contribution < 1.29 is 24.9 Å². The van der Waals surface area contributed by atoms with Crippen molar-refractivity contribution in [3.63, 3.8) is 0 Å². The summed E-state index contributed by atoms with van der Waals surface area (Å²) in [5.41, 5.74) is -0.586. The van der Waals surface area contributed by atoms with Gasteiger partial charge in [0.05, 0.1) is 30.8 Å². The maximum atomic E-state index is 11.8. The number of carbonyl (C=O) groups is 1. The number of ether oxygens (including phenoxy) is 1. The van der Waals surface area contributed by atoms with Gasteiger partial charge in [-0.1, -0.05) is 0 Å². The van der Waals surface area contributed by atoms with Crippen LogP contribution in [0.25, 0.3) is 0 Å². The summed E-state index contributed by atoms with van der Waals surface area (Å²) in [7, 11) is 0. The number of aliphatic hydroxyl groups is 2. The predicted molar refractivity (Wildman–Crippen MR) is 94.6 cm³/mol. The lowest BCUT2D eigenvalue weighted by Crippen LogP contribution is -2.47. The van der Waals surface area contributed by atoms with Gasteiger partial charge in [-0.2, -0.15) is 4.98 Å². The maximum Gasteiger partial charge on any atom is 0.313 e. The maximum absolute atomic E-state index is 11.8. The Balaban J connectivity index is 1.97. The van der Waals surface area contributed by atoms with Crippen LogP contribution >= 0.6 is 0 Å². The van der Waals surface area contributed by atoms with Gasteiger partial charge in [0, 0.05) is 37.9 Å². The molecular formula is C17H26N4O5. The van der Waals surface area contributed by atoms with E-state index in [9.17, 15) is 20.1 Å². The zero-order valence-corrected chi connectivity index (χ0v) is 15.1. The van der Waals surface area contributed by atoms with E-state index in [1.165, 1.54) is 0 Å². The predicted octanol–water partition coefficient (Wildman–Crippen LogP) is -0.393. The lowest BCUT2D eigenvalue weighted by Gasteiger charge is -2.36. The molecule has 0 aliphatic carbocycles. The molecule has 26 heavy (non-hydrogen) atoms. The number of rotatable bonds is 4. The molecular weight excluding hydrogens is 340 g/mol. The van der Waals surface area contributed by atoms with Gasteiger partial charge >= 0.3 is 5.97 Å². The highest BCUT2D eigenvalue weighted by Crippen LogP contribution is 2.33. The first-order valence-corrected chi connectivity index (χ1v) is 8.85. The van der Waals surface area contributed by atoms with Crippen LogP contribution in [0.1, 0.15) is 25.8 Å². The summed E-state index contributed by atoms with van der Waals surface area (Å²) in [6, 6.07) is 0. The molecule has 2 fully saturated rings. The van der Waals surface area contributed by atoms with Crippen molar-refractivity contribution in [3.05, 3.63) is 11.8 Å². The summed E-state index contributed by atoms with van der Waals surface area (Å²) < 4.78 is 5.39. The molecule has 3 heterocycles. The lowest BCUT2D eigenvalue weighted by molar-refractivity contribution is -0.142. The Morgan fingerprint density at radius 3 is 2.50 bits per heavy atom. The minimum atomic E-state index is -1.14. The van der Waals surface area contributed by atoms with Crippen molar-refractivity contribution in [1.82, 2.24) is 9.97 Å². The van der Waals surface area contributed by atoms with Gasteiger partial charge < -0.3 is 29.9 Å². The number of aromatic nitrogens is 2. The van der Waals surface area contributed by atoms with Crippen LogP contribution in [-0.2, 0) is 14.9 Å². The number of piperidine rings is 1. The van der Waals surface area contributed by atoms with E-state index < -0.39 is 23.6 Å². The number of carboxylic acids is 1. The topological polar surface area (TPSA) is 119 Å². The fourth-order valence-electron chi connectivity index (χ4n) is 3.19. The second-order valence-corrected chi connectivity index (χ2v) is 7.31. The largest absolute Gasteiger partial charge is 0.481 e. The molecule has 0 amide bonds. The third kappa shape index (κ3) is 3.60. The van der Waals surface area contributed by atoms with Crippen LogP contribution in [0.5, 0.6) is 0 Å². The molecule has 9 nitrogen and oxygen atoms in total. The molecule has 2 saturated heterocycles. The van der Waals surface area contributed by atoms with Gasteiger partial charge in [-0.25, -0.2) is 4.98 Å². The number of hydrogen-bond donors (Lipinski definition) is 3. The number of carboxylic acid groups (broad SMARTS) is 1. The smallest absolute Gasteiger partial charge is 0.313 e. The molecule has 0 aromatic carbocycles. The average Bonchev–Trinajstić information content (AvgIpc) is 2.64. The Morgan fingerprint density at radius 2 is 1.88 bits per heavy atom. The highest BCUT2D eigenvalue weighted by atomic mass is 16.5. The van der Waals surface area contributed by atoms with Crippen LogP contribution in [0.2, 0.25) is 0 Å². The van der Waals surface area contributed by atoms with Gasteiger partial charge in [0.25, 0.3) is 0 Å². The molecule has 3 rings (SSSR count). The minimum absolute atomic E-state index is 0.241. The number of aliphatic hydroxyl groups excluding tert-OH is 2. The Bertz CT molecular complexity index is 663. The average molecular weight is 366 g/mol. The Kier molecular flexibility index (Phi) is 5.31. The molecule has 1 aromatic heterocycles. The summed E-state index contributed by atoms with van der Waals surface area (Å²) in [6.45, 7) is 6.41. The quantitative estimate of drug-likeness (QED) is 0.654. The van der Waals surface area contributed by atoms with Crippen molar-refractivity contribution in [2.24, 2.45) is 0 Å². The number of anilines is 2. The monoisotopic (exact) mass is 366 g/mol. The summed E-state index contributed by atoms with van der Waals surface area (Å²) in [4.78, 5) is 24.6. The molecule has 9 heteroatoms. The van der Waals surface area contributed by atoms with Gasteiger partial charge in [0.15, 0.2) is 0 Å². The Morgan fingerprint density at radius 1 is 1.19 bits per heavy atom. The summed E-state index contributed by atoms with van der Waals surface area (Å²) in [5, 5.41) is 29.3. The van der Waals surface area contributed by atoms with Crippen molar-refractivity contribution in [1.29, 1.82) is 0 Å². The highest BCUT2D eigenvalue weighted by molar-refractivity contribution is 5.82. The van der Waals surface area contributed by atoms with Crippen molar-refractivity contribution >= 4 is 17.7 Å². The van der Waals surface area contributed by atoms with Crippen molar-refractivity contribution in [2.45, 2.75) is 37.9 Å². The summed E-state index contributed by atoms with van der Waals surface area (Å²) >= 11 is 0. The molecule has 3 N–H and O–H groups in total. The van der Waals surface area contributed by atoms with Gasteiger partial charge in [-0.05, 0) is 20.3 Å². The second kappa shape index (κ2) is 7.34. The SMILES string of the molecule is CC(C)(C(=O)O)c1cnc(N2CC[C@@H](O)[C@H](O)C2)nc1N1CCOCC1. The van der Waals surface area contributed by atoms with E-state index in [1.807, 2.05) is 9.80 Å². The number of hydrogen-bond acceptors (Lipinski definition) is 8. The minimum Gasteiger partial charge on any atom is -0.481 e. The van der Waals surface area contributed by atoms with Gasteiger partial charge in [-0.3, -0.25) is 4.79 Å². The molecule has 0 spiro atoms. The zero-order valence-electron chi connectivity index (χ0n) is 15.1. The van der Waals surface area contributed by atoms with Gasteiger partial charge in [0.1, 0.15) is 5.82 Å². The van der Waals surface area contributed by atoms with E-state index >= 15 is 0 Å². The summed E-state index contributed by atoms with van der Waals surface area (Å²) in [6.07, 6.45) is 0.405. The van der Waals surface area contributed by atoms with Crippen molar-refractivity contribution in [2.75, 3.05) is 49.2 Å². The number of nitrogens with zero attached hydrogens (tertiary/aromatic N) is 4. The van der Waals surface area contributed by atoms with E-state index in [-0.39, 0.29) is 6.54 Å². The first kappa shape index (κ1) is 18.8. The summed E-state index contributed by atoms with van der Waals surface area (Å²) in [5.74, 6) is 0.0774. The molecule has 2 aliphatic heterocycles. The highest BCUT2D eigenvalue weighted by Gasteiger charge is 2.36. The van der Waals surface area contributed by atoms with Crippen molar-refractivity contribution in [3.8, 4) is 0 Å². The number of β-amino-alcohol motifs (C(OH)–C–C–N with tert-alkyl or cyclic N) is 1. The molecule has 0 radical (unpaired) electrons. The Hall–Kier alpha value is -1.97. The first-order valence-electron chi connectivity index (χ1n) is 8.85. The fourth-order valence-corrected chi connectivity index (χ4v) is 3.19. The van der Waals surface area contributed by atoms with Crippen LogP contribution in [0.3, 0.4) is 0 Å². The first-order chi connectivity index (χ1) is 12.3. The normalized spacial score (nSPS) is 24.6. The zero-order chi connectivity index (χ0) is 18.9. The third-order valence-corrected chi connectivity index (χ3v) is 5.10. The molecule has 0 saturated carbocycles. The second-order valence-electron chi connectivity index (χ2n) is 7.31. The van der Waals surface area contributed by atoms with E-state index in [2.05, 4.69) is 9.97 Å². The third-order valence-electron chi connectivity index (χ3n) is 5.10. The van der Waals surface area contributed by atoms with Crippen LogP contribution in [0.4, 0.5) is 11.8 Å². The molecule has 144 valence electrons. The van der Waals surface area contributed by atoms with E-state index in [0.717, 1.165) is 0 Å². The number of aliphatic carboxylic acids is 1. The van der Waals surface area contributed by atoms with Crippen LogP contribution in [0, 0.1) is 0 Å². The molecule has 1 aromatic rings. The van der Waals surface area contributed by atoms with Gasteiger partial charge in [0.2, 0.25) is 5.95 Å².